The van der Waals surface area contributed by atoms with Crippen molar-refractivity contribution in [1.29, 1.82) is 0 Å². The summed E-state index contributed by atoms with van der Waals surface area (Å²) in [6.07, 6.45) is 1.17. The van der Waals surface area contributed by atoms with Crippen molar-refractivity contribution in [3.05, 3.63) is 40.3 Å². The van der Waals surface area contributed by atoms with Gasteiger partial charge in [0.25, 0.3) is 5.69 Å². The number of nitro benzene ring substituents is 1. The summed E-state index contributed by atoms with van der Waals surface area (Å²) in [6.45, 7) is 1.57. The fourth-order valence-corrected chi connectivity index (χ4v) is 2.04. The standard InChI is InChI=1S/C13H12FN3O4/c1-7(5-11(18)19)16-13-9(14)6-10(17(20)21)8-3-2-4-15-12(8)13/h2-4,6-7,16H,5H2,1H3,(H,18,19). The molecule has 2 rings (SSSR count). The first kappa shape index (κ1) is 14.6. The number of hydrogen-bond donors (Lipinski definition) is 2. The summed E-state index contributed by atoms with van der Waals surface area (Å²) in [5.74, 6) is -1.88. The van der Waals surface area contributed by atoms with Crippen molar-refractivity contribution in [1.82, 2.24) is 4.98 Å². The van der Waals surface area contributed by atoms with Crippen LogP contribution in [0.1, 0.15) is 13.3 Å². The van der Waals surface area contributed by atoms with Gasteiger partial charge in [0.15, 0.2) is 5.82 Å². The van der Waals surface area contributed by atoms with Crippen LogP contribution in [0.15, 0.2) is 24.4 Å². The first-order valence-corrected chi connectivity index (χ1v) is 6.10. The van der Waals surface area contributed by atoms with Gasteiger partial charge in [-0.2, -0.15) is 0 Å². The number of carboxylic acids is 1. The fraction of sp³-hybridized carbons (Fsp3) is 0.231. The van der Waals surface area contributed by atoms with E-state index in [-0.39, 0.29) is 28.7 Å². The Balaban J connectivity index is 2.54. The highest BCUT2D eigenvalue weighted by atomic mass is 19.1. The van der Waals surface area contributed by atoms with E-state index in [2.05, 4.69) is 10.3 Å². The molecule has 1 heterocycles. The number of nitrogens with zero attached hydrogens (tertiary/aromatic N) is 2. The van der Waals surface area contributed by atoms with Gasteiger partial charge in [-0.25, -0.2) is 4.39 Å². The number of fused-ring (bicyclic) bond motifs is 1. The molecule has 0 bridgehead atoms. The number of halogens is 1. The predicted octanol–water partition coefficient (Wildman–Crippen LogP) is 2.56. The van der Waals surface area contributed by atoms with E-state index >= 15 is 0 Å². The van der Waals surface area contributed by atoms with E-state index in [4.69, 9.17) is 5.11 Å². The number of nitro groups is 1. The van der Waals surface area contributed by atoms with Gasteiger partial charge in [-0.3, -0.25) is 19.9 Å². The molecule has 0 aliphatic heterocycles. The van der Waals surface area contributed by atoms with E-state index in [1.165, 1.54) is 18.3 Å². The number of carbonyl (C=O) groups is 1. The molecule has 2 aromatic rings. The zero-order chi connectivity index (χ0) is 15.6. The van der Waals surface area contributed by atoms with E-state index in [1.807, 2.05) is 0 Å². The Kier molecular flexibility index (Phi) is 3.97. The Morgan fingerprint density at radius 1 is 1.62 bits per heavy atom. The lowest BCUT2D eigenvalue weighted by molar-refractivity contribution is -0.383. The number of pyridine rings is 1. The minimum atomic E-state index is -1.03. The number of benzene rings is 1. The maximum Gasteiger partial charge on any atom is 0.305 e. The molecule has 0 aliphatic carbocycles. The van der Waals surface area contributed by atoms with Crippen molar-refractivity contribution in [2.75, 3.05) is 5.32 Å². The second kappa shape index (κ2) is 5.70. The fourth-order valence-electron chi connectivity index (χ4n) is 2.04. The van der Waals surface area contributed by atoms with Crippen LogP contribution in [0.25, 0.3) is 10.9 Å². The molecule has 0 spiro atoms. The number of nitrogens with one attached hydrogen (secondary N) is 1. The number of aromatic nitrogens is 1. The maximum absolute atomic E-state index is 14.1. The number of anilines is 1. The average molecular weight is 293 g/mol. The zero-order valence-corrected chi connectivity index (χ0v) is 11.0. The molecule has 1 atom stereocenters. The Morgan fingerprint density at radius 2 is 2.33 bits per heavy atom. The van der Waals surface area contributed by atoms with Gasteiger partial charge in [-0.05, 0) is 19.1 Å². The SMILES string of the molecule is CC(CC(=O)O)Nc1c(F)cc([N+](=O)[O-])c2cccnc12. The van der Waals surface area contributed by atoms with Crippen LogP contribution in [0.4, 0.5) is 15.8 Å². The Hall–Kier alpha value is -2.77. The molecule has 0 saturated carbocycles. The van der Waals surface area contributed by atoms with Crippen molar-refractivity contribution in [3.8, 4) is 0 Å². The van der Waals surface area contributed by atoms with Gasteiger partial charge in [0.05, 0.1) is 28.5 Å². The molecular formula is C13H12FN3O4. The van der Waals surface area contributed by atoms with Crippen molar-refractivity contribution >= 4 is 28.2 Å². The van der Waals surface area contributed by atoms with Crippen LogP contribution >= 0.6 is 0 Å². The topological polar surface area (TPSA) is 105 Å². The molecule has 7 nitrogen and oxygen atoms in total. The highest BCUT2D eigenvalue weighted by molar-refractivity contribution is 5.97. The molecule has 2 N–H and O–H groups in total. The van der Waals surface area contributed by atoms with Crippen molar-refractivity contribution in [2.24, 2.45) is 0 Å². The third-order valence-corrected chi connectivity index (χ3v) is 2.89. The van der Waals surface area contributed by atoms with E-state index in [0.717, 1.165) is 6.07 Å². The van der Waals surface area contributed by atoms with E-state index in [0.29, 0.717) is 0 Å². The van der Waals surface area contributed by atoms with Crippen LogP contribution < -0.4 is 5.32 Å². The number of hydrogen-bond acceptors (Lipinski definition) is 5. The number of non-ortho nitro benzene ring substituents is 1. The number of rotatable bonds is 5. The van der Waals surface area contributed by atoms with Crippen molar-refractivity contribution in [3.63, 3.8) is 0 Å². The minimum absolute atomic E-state index is 0.0371. The summed E-state index contributed by atoms with van der Waals surface area (Å²) < 4.78 is 14.1. The van der Waals surface area contributed by atoms with Crippen LogP contribution in [-0.2, 0) is 4.79 Å². The molecule has 0 amide bonds. The number of aliphatic carboxylic acids is 1. The van der Waals surface area contributed by atoms with Gasteiger partial charge in [0.1, 0.15) is 5.52 Å². The third-order valence-electron chi connectivity index (χ3n) is 2.89. The molecule has 1 aromatic carbocycles. The first-order chi connectivity index (χ1) is 9.90. The van der Waals surface area contributed by atoms with Gasteiger partial charge in [0, 0.05) is 12.2 Å². The van der Waals surface area contributed by atoms with Crippen LogP contribution in [0, 0.1) is 15.9 Å². The molecule has 1 aromatic heterocycles. The molecule has 1 unspecified atom stereocenters. The van der Waals surface area contributed by atoms with Crippen LogP contribution in [-0.4, -0.2) is 27.0 Å². The molecule has 0 fully saturated rings. The van der Waals surface area contributed by atoms with Crippen LogP contribution in [0.3, 0.4) is 0 Å². The van der Waals surface area contributed by atoms with Gasteiger partial charge in [-0.1, -0.05) is 0 Å². The molecule has 0 saturated heterocycles. The van der Waals surface area contributed by atoms with E-state index < -0.39 is 22.8 Å². The summed E-state index contributed by atoms with van der Waals surface area (Å²) in [5.41, 5.74) is -0.321. The van der Waals surface area contributed by atoms with Crippen LogP contribution in [0.2, 0.25) is 0 Å². The maximum atomic E-state index is 14.1. The lowest BCUT2D eigenvalue weighted by Crippen LogP contribution is -2.20. The first-order valence-electron chi connectivity index (χ1n) is 6.10. The van der Waals surface area contributed by atoms with E-state index in [1.54, 1.807) is 6.92 Å². The molecule has 8 heteroatoms. The quantitative estimate of drug-likeness (QED) is 0.648. The second-order valence-electron chi connectivity index (χ2n) is 4.55. The molecule has 0 radical (unpaired) electrons. The Labute approximate surface area is 118 Å². The van der Waals surface area contributed by atoms with Gasteiger partial charge < -0.3 is 10.4 Å². The van der Waals surface area contributed by atoms with Crippen LogP contribution in [0.5, 0.6) is 0 Å². The van der Waals surface area contributed by atoms with E-state index in [9.17, 15) is 19.3 Å². The summed E-state index contributed by atoms with van der Waals surface area (Å²) in [4.78, 5) is 24.9. The highest BCUT2D eigenvalue weighted by Gasteiger charge is 2.21. The molecule has 110 valence electrons. The zero-order valence-electron chi connectivity index (χ0n) is 11.0. The smallest absolute Gasteiger partial charge is 0.305 e. The Morgan fingerprint density at radius 3 is 2.95 bits per heavy atom. The lowest BCUT2D eigenvalue weighted by atomic mass is 10.1. The largest absolute Gasteiger partial charge is 0.481 e. The lowest BCUT2D eigenvalue weighted by Gasteiger charge is -2.15. The third kappa shape index (κ3) is 3.04. The molecule has 0 aliphatic rings. The van der Waals surface area contributed by atoms with Gasteiger partial charge >= 0.3 is 5.97 Å². The summed E-state index contributed by atoms with van der Waals surface area (Å²) in [6, 6.07) is 3.23. The van der Waals surface area contributed by atoms with Crippen molar-refractivity contribution < 1.29 is 19.2 Å². The Bertz CT molecular complexity index is 720. The monoisotopic (exact) mass is 293 g/mol. The number of carboxylic acid groups (broad SMARTS) is 1. The minimum Gasteiger partial charge on any atom is -0.481 e. The average Bonchev–Trinajstić information content (AvgIpc) is 2.40. The summed E-state index contributed by atoms with van der Waals surface area (Å²) in [7, 11) is 0. The highest BCUT2D eigenvalue weighted by Crippen LogP contribution is 2.33. The normalized spacial score (nSPS) is 12.1. The molecule has 21 heavy (non-hydrogen) atoms. The van der Waals surface area contributed by atoms with Gasteiger partial charge in [-0.15, -0.1) is 0 Å². The van der Waals surface area contributed by atoms with Gasteiger partial charge in [0.2, 0.25) is 0 Å². The summed E-state index contributed by atoms with van der Waals surface area (Å²) >= 11 is 0. The summed E-state index contributed by atoms with van der Waals surface area (Å²) in [5, 5.41) is 22.6. The molecular weight excluding hydrogens is 281 g/mol. The van der Waals surface area contributed by atoms with Crippen molar-refractivity contribution in [2.45, 2.75) is 19.4 Å². The predicted molar refractivity (Wildman–Crippen MR) is 73.7 cm³/mol. The second-order valence-corrected chi connectivity index (χ2v) is 4.55.